The molecule has 5 aliphatic rings. The predicted octanol–water partition coefficient (Wildman–Crippen LogP) is 6.13. The van der Waals surface area contributed by atoms with Crippen molar-refractivity contribution in [1.82, 2.24) is 29.1 Å². The number of nitro groups is 1. The van der Waals surface area contributed by atoms with E-state index in [0.717, 1.165) is 50.4 Å². The van der Waals surface area contributed by atoms with Gasteiger partial charge in [0.25, 0.3) is 17.2 Å². The van der Waals surface area contributed by atoms with Crippen molar-refractivity contribution in [2.45, 2.75) is 67.5 Å². The molecule has 1 aliphatic carbocycles. The summed E-state index contributed by atoms with van der Waals surface area (Å²) in [7, 11) is -3.39. The first kappa shape index (κ1) is 45.2. The molecule has 0 saturated carbocycles. The fraction of sp³-hybridized carbons (Fsp3) is 0.408. The van der Waals surface area contributed by atoms with Gasteiger partial charge >= 0.3 is 0 Å². The van der Waals surface area contributed by atoms with E-state index in [9.17, 15) is 19.7 Å². The van der Waals surface area contributed by atoms with Crippen LogP contribution in [0.4, 0.5) is 17.1 Å². The second-order valence-corrected chi connectivity index (χ2v) is 22.1. The molecule has 3 atom stereocenters. The maximum absolute atomic E-state index is 15.8. The topological polar surface area (TPSA) is 216 Å². The molecule has 3 aromatic heterocycles. The molecule has 20 heteroatoms. The average Bonchev–Trinajstić information content (AvgIpc) is 4.13. The Morgan fingerprint density at radius 3 is 2.55 bits per heavy atom. The maximum atomic E-state index is 15.8. The van der Waals surface area contributed by atoms with E-state index in [1.807, 2.05) is 17.0 Å². The summed E-state index contributed by atoms with van der Waals surface area (Å²) < 4.78 is 46.2. The molecule has 0 spiro atoms. The zero-order chi connectivity index (χ0) is 48.1. The number of morpholine rings is 1. The average molecular weight is 978 g/mol. The zero-order valence-electron chi connectivity index (χ0n) is 38.5. The van der Waals surface area contributed by atoms with Crippen LogP contribution in [0.1, 0.15) is 55.5 Å². The van der Waals surface area contributed by atoms with Crippen molar-refractivity contribution in [3.8, 4) is 11.4 Å². The van der Waals surface area contributed by atoms with Gasteiger partial charge in [-0.3, -0.25) is 29.5 Å². The third kappa shape index (κ3) is 8.02. The first-order valence-corrected chi connectivity index (χ1v) is 25.2. The van der Waals surface area contributed by atoms with Crippen LogP contribution in [0.3, 0.4) is 0 Å². The van der Waals surface area contributed by atoms with E-state index in [4.69, 9.17) is 26.8 Å². The molecule has 6 aromatic rings. The molecule has 4 aliphatic heterocycles. The summed E-state index contributed by atoms with van der Waals surface area (Å²) in [5.74, 6) is -0.944. The number of halogens is 1. The molecule has 3 fully saturated rings. The van der Waals surface area contributed by atoms with Gasteiger partial charge in [-0.25, -0.2) is 22.8 Å². The smallest absolute Gasteiger partial charge is 0.297 e. The normalized spacial score (nSPS) is 21.7. The molecule has 0 unspecified atom stereocenters. The zero-order valence-corrected chi connectivity index (χ0v) is 40.1. The van der Waals surface area contributed by atoms with Gasteiger partial charge in [0.1, 0.15) is 17.1 Å². The number of likely N-dealkylation sites (tertiary alicyclic amines) is 1. The van der Waals surface area contributed by atoms with Gasteiger partial charge in [-0.1, -0.05) is 43.2 Å². The number of hydrogen-bond acceptors (Lipinski definition) is 13. The highest BCUT2D eigenvalue weighted by molar-refractivity contribution is 7.91. The van der Waals surface area contributed by atoms with Crippen LogP contribution in [0, 0.1) is 15.5 Å². The number of fused-ring (bicyclic) bond motifs is 5. The molecule has 1 amide bonds. The Balaban J connectivity index is 1.01. The van der Waals surface area contributed by atoms with Crippen LogP contribution >= 0.6 is 11.6 Å². The fourth-order valence-corrected chi connectivity index (χ4v) is 12.9. The molecule has 7 heterocycles. The van der Waals surface area contributed by atoms with Gasteiger partial charge in [-0.2, -0.15) is 0 Å². The van der Waals surface area contributed by atoms with Crippen LogP contribution in [0.25, 0.3) is 33.3 Å². The van der Waals surface area contributed by atoms with Crippen LogP contribution in [0.5, 0.6) is 5.75 Å². The van der Waals surface area contributed by atoms with E-state index in [1.165, 1.54) is 39.7 Å². The Morgan fingerprint density at radius 2 is 1.84 bits per heavy atom. The quantitative estimate of drug-likeness (QED) is 0.0985. The van der Waals surface area contributed by atoms with Crippen molar-refractivity contribution >= 4 is 72.0 Å². The molecule has 18 nitrogen and oxygen atoms in total. The molecule has 360 valence electrons. The molecule has 3 saturated heterocycles. The monoisotopic (exact) mass is 976 g/mol. The number of nitrogens with zero attached hydrogens (tertiary/aromatic N) is 7. The van der Waals surface area contributed by atoms with E-state index in [-0.39, 0.29) is 74.5 Å². The molecule has 3 aromatic carbocycles. The highest BCUT2D eigenvalue weighted by Gasteiger charge is 2.42. The van der Waals surface area contributed by atoms with Crippen molar-refractivity contribution < 1.29 is 27.6 Å². The van der Waals surface area contributed by atoms with Crippen molar-refractivity contribution in [2.24, 2.45) is 18.2 Å². The fourth-order valence-electron chi connectivity index (χ4n) is 11.1. The number of piperazine rings is 1. The number of H-pyrrole nitrogens is 1. The minimum Gasteiger partial charge on any atom is -0.489 e. The third-order valence-electron chi connectivity index (χ3n) is 14.7. The first-order chi connectivity index (χ1) is 33.0. The van der Waals surface area contributed by atoms with Crippen LogP contribution in [0.2, 0.25) is 5.02 Å². The number of benzene rings is 3. The van der Waals surface area contributed by atoms with Crippen LogP contribution < -0.4 is 26.2 Å². The number of carbonyl (C=O) groups excluding carboxylic acids is 1. The lowest BCUT2D eigenvalue weighted by Crippen LogP contribution is -2.47. The van der Waals surface area contributed by atoms with Gasteiger partial charge in [-0.05, 0) is 78.6 Å². The second kappa shape index (κ2) is 17.0. The molecule has 2 bridgehead atoms. The first-order valence-electron chi connectivity index (χ1n) is 23.3. The van der Waals surface area contributed by atoms with E-state index in [1.54, 1.807) is 24.4 Å². The number of primary amides is 1. The number of sulfone groups is 1. The van der Waals surface area contributed by atoms with Crippen molar-refractivity contribution in [3.05, 3.63) is 109 Å². The second-order valence-electron chi connectivity index (χ2n) is 19.8. The van der Waals surface area contributed by atoms with Gasteiger partial charge in [0.05, 0.1) is 51.0 Å². The summed E-state index contributed by atoms with van der Waals surface area (Å²) in [6, 6.07) is 16.8. The number of pyridine rings is 1. The Hall–Kier alpha value is -6.25. The molecular formula is C49H53ClN10O8S. The van der Waals surface area contributed by atoms with Gasteiger partial charge in [-0.15, -0.1) is 0 Å². The summed E-state index contributed by atoms with van der Waals surface area (Å²) in [6.45, 7) is 9.36. The number of amides is 1. The van der Waals surface area contributed by atoms with Gasteiger partial charge in [0.2, 0.25) is 9.84 Å². The molecule has 69 heavy (non-hydrogen) atoms. The lowest BCUT2D eigenvalue weighted by Gasteiger charge is -2.40. The summed E-state index contributed by atoms with van der Waals surface area (Å²) in [5, 5.41) is 17.5. The number of nitrogens with one attached hydrogen (secondary N) is 2. The standard InChI is InChI=1S/C49H53ClN10O8S/c1-49(2)12-10-30(37(22-49)28-4-6-31(50)7-5-28)23-56-14-16-57(17-15-56)38-9-8-36(46(51)61)44(59-39-18-29-11-13-52-47(29)54-43(39)48(62)55(59)3)45(38)69(65,66)35-20-40(60(63)64)42-41(21-35)68-26-32(53-42)24-58-25-34-19-33(58)27-67-34/h4-9,11,13,18,20-21,32-34,53H,10,12,14-17,19,22-27H2,1-3H3,(H2,51,61)(H,52,54)/t32-,33+,34+/m1/s1. The highest BCUT2D eigenvalue weighted by Crippen LogP contribution is 2.46. The van der Waals surface area contributed by atoms with Crippen LogP contribution in [-0.4, -0.2) is 126 Å². The number of aromatic amines is 1. The summed E-state index contributed by atoms with van der Waals surface area (Å²) >= 11 is 6.29. The third-order valence-corrected chi connectivity index (χ3v) is 16.8. The number of hydrogen-bond donors (Lipinski definition) is 3. The largest absolute Gasteiger partial charge is 0.489 e. The Bertz CT molecular complexity index is 3300. The Labute approximate surface area is 402 Å². The Kier molecular flexibility index (Phi) is 11.1. The minimum absolute atomic E-state index is 0.00399. The lowest BCUT2D eigenvalue weighted by molar-refractivity contribution is -0.384. The number of ether oxygens (including phenoxy) is 2. The van der Waals surface area contributed by atoms with Gasteiger partial charge in [0, 0.05) is 87.6 Å². The molecule has 0 radical (unpaired) electrons. The SMILES string of the molecule is Cn1c(=O)c2nc3[nH]ccc3cc2n1-c1c(C(N)=O)ccc(N2CCN(CC3=C(c4ccc(Cl)cc4)CC(C)(C)CC3)CC2)c1S(=O)(=O)c1cc2c(c([N+](=O)[O-])c1)N[C@H](CN1C[C@@H]3C[C@H]1CO3)CO2. The number of carbonyl (C=O) groups is 1. The van der Waals surface area contributed by atoms with Crippen molar-refractivity contribution in [2.75, 3.05) is 69.2 Å². The number of rotatable bonds is 11. The van der Waals surface area contributed by atoms with Crippen molar-refractivity contribution in [3.63, 3.8) is 0 Å². The number of nitro benzene ring substituents is 1. The molecule has 4 N–H and O–H groups in total. The van der Waals surface area contributed by atoms with Gasteiger partial charge < -0.3 is 30.4 Å². The number of aromatic nitrogens is 4. The van der Waals surface area contributed by atoms with Gasteiger partial charge in [0.15, 0.2) is 17.0 Å². The molecular weight excluding hydrogens is 924 g/mol. The van der Waals surface area contributed by atoms with Crippen LogP contribution in [0.15, 0.2) is 87.0 Å². The van der Waals surface area contributed by atoms with E-state index in [2.05, 4.69) is 51.1 Å². The number of anilines is 2. The van der Waals surface area contributed by atoms with Crippen LogP contribution in [-0.2, 0) is 21.6 Å². The Morgan fingerprint density at radius 1 is 1.06 bits per heavy atom. The number of nitrogens with two attached hydrogens (primary N) is 1. The summed E-state index contributed by atoms with van der Waals surface area (Å²) in [4.78, 5) is 53.5. The van der Waals surface area contributed by atoms with E-state index >= 15 is 8.42 Å². The molecule has 11 rings (SSSR count). The highest BCUT2D eigenvalue weighted by atomic mass is 35.5. The maximum Gasteiger partial charge on any atom is 0.297 e. The predicted molar refractivity (Wildman–Crippen MR) is 263 cm³/mol. The minimum atomic E-state index is -4.85. The number of allylic oxidation sites excluding steroid dienone is 1. The summed E-state index contributed by atoms with van der Waals surface area (Å²) in [6.07, 6.45) is 5.70. The summed E-state index contributed by atoms with van der Waals surface area (Å²) in [5.41, 5.74) is 9.71. The van der Waals surface area contributed by atoms with E-state index in [0.29, 0.717) is 55.4 Å². The van der Waals surface area contributed by atoms with E-state index < -0.39 is 36.8 Å². The lowest BCUT2D eigenvalue weighted by atomic mass is 9.72. The van der Waals surface area contributed by atoms with Crippen molar-refractivity contribution in [1.29, 1.82) is 0 Å².